The minimum atomic E-state index is 0.657. The van der Waals surface area contributed by atoms with Gasteiger partial charge in [-0.25, -0.2) is 0 Å². The molecule has 0 saturated carbocycles. The topological polar surface area (TPSA) is 74.3 Å². The van der Waals surface area contributed by atoms with E-state index in [0.717, 1.165) is 56.0 Å². The normalized spacial score (nSPS) is 10.9. The number of unbranched alkanes of at least 4 members (excludes halogenated alkanes) is 1. The minimum Gasteiger partial charge on any atom is -0.394 e. The number of ether oxygens (including phenoxy) is 2. The predicted octanol–water partition coefficient (Wildman–Crippen LogP) is 1.81. The first-order chi connectivity index (χ1) is 9.70. The molecular weight excluding hydrogens is 256 g/mol. The van der Waals surface area contributed by atoms with Crippen LogP contribution in [0.2, 0.25) is 0 Å². The van der Waals surface area contributed by atoms with Gasteiger partial charge in [0.1, 0.15) is 5.82 Å². The Kier molecular flexibility index (Phi) is 8.06. The van der Waals surface area contributed by atoms with E-state index in [9.17, 15) is 0 Å². The van der Waals surface area contributed by atoms with Crippen molar-refractivity contribution in [1.29, 1.82) is 0 Å². The van der Waals surface area contributed by atoms with Gasteiger partial charge in [-0.3, -0.25) is 4.68 Å². The summed E-state index contributed by atoms with van der Waals surface area (Å²) in [6, 6.07) is 0. The SMILES string of the molecule is CCCc1nn(C)c(NCCCCOCCOC)c1N. The van der Waals surface area contributed by atoms with Crippen molar-refractivity contribution in [2.24, 2.45) is 7.05 Å². The minimum absolute atomic E-state index is 0.657. The first kappa shape index (κ1) is 16.8. The summed E-state index contributed by atoms with van der Waals surface area (Å²) in [5.41, 5.74) is 7.87. The van der Waals surface area contributed by atoms with Crippen molar-refractivity contribution in [3.8, 4) is 0 Å². The van der Waals surface area contributed by atoms with Crippen molar-refractivity contribution in [2.75, 3.05) is 44.5 Å². The van der Waals surface area contributed by atoms with Gasteiger partial charge in [0.15, 0.2) is 0 Å². The number of methoxy groups -OCH3 is 1. The van der Waals surface area contributed by atoms with Gasteiger partial charge in [-0.05, 0) is 19.3 Å². The number of nitrogen functional groups attached to an aromatic ring is 1. The van der Waals surface area contributed by atoms with E-state index in [1.165, 1.54) is 0 Å². The van der Waals surface area contributed by atoms with Crippen molar-refractivity contribution in [3.63, 3.8) is 0 Å². The quantitative estimate of drug-likeness (QED) is 0.606. The van der Waals surface area contributed by atoms with Crippen LogP contribution in [-0.4, -0.2) is 43.3 Å². The van der Waals surface area contributed by atoms with Gasteiger partial charge in [0, 0.05) is 27.3 Å². The summed E-state index contributed by atoms with van der Waals surface area (Å²) in [6.07, 6.45) is 4.05. The Morgan fingerprint density at radius 1 is 1.25 bits per heavy atom. The van der Waals surface area contributed by atoms with Crippen molar-refractivity contribution in [2.45, 2.75) is 32.6 Å². The summed E-state index contributed by atoms with van der Waals surface area (Å²) in [5.74, 6) is 0.925. The molecule has 20 heavy (non-hydrogen) atoms. The van der Waals surface area contributed by atoms with Gasteiger partial charge in [0.25, 0.3) is 0 Å². The van der Waals surface area contributed by atoms with Gasteiger partial charge in [-0.15, -0.1) is 0 Å². The highest BCUT2D eigenvalue weighted by Crippen LogP contribution is 2.22. The lowest BCUT2D eigenvalue weighted by Crippen LogP contribution is -2.09. The van der Waals surface area contributed by atoms with Gasteiger partial charge < -0.3 is 20.5 Å². The number of anilines is 2. The molecule has 0 aromatic carbocycles. The van der Waals surface area contributed by atoms with Crippen molar-refractivity contribution < 1.29 is 9.47 Å². The maximum atomic E-state index is 6.10. The van der Waals surface area contributed by atoms with E-state index in [1.807, 2.05) is 11.7 Å². The molecule has 1 rings (SSSR count). The number of nitrogens with one attached hydrogen (secondary N) is 1. The van der Waals surface area contributed by atoms with E-state index in [2.05, 4.69) is 17.3 Å². The van der Waals surface area contributed by atoms with Gasteiger partial charge in [0.2, 0.25) is 0 Å². The highest BCUT2D eigenvalue weighted by molar-refractivity contribution is 5.64. The molecule has 6 heteroatoms. The Labute approximate surface area is 121 Å². The molecule has 0 aliphatic heterocycles. The Balaban J connectivity index is 2.22. The maximum Gasteiger partial charge on any atom is 0.147 e. The van der Waals surface area contributed by atoms with E-state index >= 15 is 0 Å². The van der Waals surface area contributed by atoms with Crippen molar-refractivity contribution in [1.82, 2.24) is 9.78 Å². The summed E-state index contributed by atoms with van der Waals surface area (Å²) in [4.78, 5) is 0. The molecule has 0 atom stereocenters. The molecule has 0 aliphatic carbocycles. The molecule has 0 bridgehead atoms. The number of rotatable bonds is 11. The average molecular weight is 284 g/mol. The van der Waals surface area contributed by atoms with Crippen LogP contribution >= 0.6 is 0 Å². The standard InChI is InChI=1S/C14H28N4O2/c1-4-7-12-13(15)14(18(2)17-12)16-8-5-6-9-20-11-10-19-3/h16H,4-11,15H2,1-3H3. The number of nitrogens with two attached hydrogens (primary N) is 1. The summed E-state index contributed by atoms with van der Waals surface area (Å²) in [7, 11) is 3.60. The van der Waals surface area contributed by atoms with E-state index < -0.39 is 0 Å². The largest absolute Gasteiger partial charge is 0.394 e. The highest BCUT2D eigenvalue weighted by Gasteiger charge is 2.11. The highest BCUT2D eigenvalue weighted by atomic mass is 16.5. The van der Waals surface area contributed by atoms with E-state index in [-0.39, 0.29) is 0 Å². The second-order valence-electron chi connectivity index (χ2n) is 4.82. The Hall–Kier alpha value is -1.27. The smallest absolute Gasteiger partial charge is 0.147 e. The number of aromatic nitrogens is 2. The molecule has 116 valence electrons. The molecule has 0 fully saturated rings. The van der Waals surface area contributed by atoms with E-state index in [1.54, 1.807) is 7.11 Å². The third-order valence-electron chi connectivity index (χ3n) is 3.09. The van der Waals surface area contributed by atoms with Crippen LogP contribution in [0, 0.1) is 0 Å². The number of aryl methyl sites for hydroxylation is 2. The first-order valence-electron chi connectivity index (χ1n) is 7.32. The molecule has 6 nitrogen and oxygen atoms in total. The molecule has 0 saturated heterocycles. The summed E-state index contributed by atoms with van der Waals surface area (Å²) in [5, 5.41) is 7.80. The lowest BCUT2D eigenvalue weighted by Gasteiger charge is -2.08. The maximum absolute atomic E-state index is 6.10. The molecule has 1 aromatic heterocycles. The average Bonchev–Trinajstić information content (AvgIpc) is 2.69. The molecule has 0 amide bonds. The summed E-state index contributed by atoms with van der Waals surface area (Å²) >= 11 is 0. The third-order valence-corrected chi connectivity index (χ3v) is 3.09. The predicted molar refractivity (Wildman–Crippen MR) is 82.0 cm³/mol. The van der Waals surface area contributed by atoms with Gasteiger partial charge in [-0.2, -0.15) is 5.10 Å². The van der Waals surface area contributed by atoms with Gasteiger partial charge in [0.05, 0.1) is 24.6 Å². The van der Waals surface area contributed by atoms with Crippen LogP contribution in [-0.2, 0) is 22.9 Å². The summed E-state index contributed by atoms with van der Waals surface area (Å²) in [6.45, 7) is 5.10. The number of nitrogens with zero attached hydrogens (tertiary/aromatic N) is 2. The molecule has 3 N–H and O–H groups in total. The second-order valence-corrected chi connectivity index (χ2v) is 4.82. The van der Waals surface area contributed by atoms with Crippen molar-refractivity contribution >= 4 is 11.5 Å². The number of hydrogen-bond donors (Lipinski definition) is 2. The molecule has 0 spiro atoms. The Bertz CT molecular complexity index is 379. The Morgan fingerprint density at radius 2 is 2.05 bits per heavy atom. The fourth-order valence-electron chi connectivity index (χ4n) is 2.01. The number of hydrogen-bond acceptors (Lipinski definition) is 5. The van der Waals surface area contributed by atoms with Crippen LogP contribution in [0.5, 0.6) is 0 Å². The van der Waals surface area contributed by atoms with Crippen LogP contribution in [0.1, 0.15) is 31.9 Å². The second kappa shape index (κ2) is 9.61. The van der Waals surface area contributed by atoms with Crippen LogP contribution in [0.25, 0.3) is 0 Å². The molecule has 0 unspecified atom stereocenters. The van der Waals surface area contributed by atoms with Gasteiger partial charge >= 0.3 is 0 Å². The van der Waals surface area contributed by atoms with Gasteiger partial charge in [-0.1, -0.05) is 13.3 Å². The molecular formula is C14H28N4O2. The van der Waals surface area contributed by atoms with Crippen molar-refractivity contribution in [3.05, 3.63) is 5.69 Å². The zero-order chi connectivity index (χ0) is 14.8. The lowest BCUT2D eigenvalue weighted by molar-refractivity contribution is 0.0691. The molecule has 1 heterocycles. The zero-order valence-corrected chi connectivity index (χ0v) is 12.9. The Morgan fingerprint density at radius 3 is 2.75 bits per heavy atom. The fraction of sp³-hybridized carbons (Fsp3) is 0.786. The fourth-order valence-corrected chi connectivity index (χ4v) is 2.01. The van der Waals surface area contributed by atoms with E-state index in [4.69, 9.17) is 15.2 Å². The lowest BCUT2D eigenvalue weighted by atomic mass is 10.2. The molecule has 1 aromatic rings. The van der Waals surface area contributed by atoms with Crippen LogP contribution in [0.3, 0.4) is 0 Å². The van der Waals surface area contributed by atoms with Crippen LogP contribution < -0.4 is 11.1 Å². The molecule has 0 aliphatic rings. The van der Waals surface area contributed by atoms with E-state index in [0.29, 0.717) is 13.2 Å². The first-order valence-corrected chi connectivity index (χ1v) is 7.32. The molecule has 0 radical (unpaired) electrons. The van der Waals surface area contributed by atoms with Crippen LogP contribution in [0.15, 0.2) is 0 Å². The zero-order valence-electron chi connectivity index (χ0n) is 12.9. The summed E-state index contributed by atoms with van der Waals surface area (Å²) < 4.78 is 12.2. The monoisotopic (exact) mass is 284 g/mol. The van der Waals surface area contributed by atoms with Crippen LogP contribution in [0.4, 0.5) is 11.5 Å². The third kappa shape index (κ3) is 5.38.